The van der Waals surface area contributed by atoms with Crippen molar-refractivity contribution in [2.24, 2.45) is 11.8 Å². The van der Waals surface area contributed by atoms with Gasteiger partial charge in [-0.25, -0.2) is 0 Å². The van der Waals surface area contributed by atoms with Crippen LogP contribution in [0, 0.1) is 23.2 Å². The fourth-order valence-corrected chi connectivity index (χ4v) is 3.62. The molecular weight excluding hydrogens is 326 g/mol. The van der Waals surface area contributed by atoms with Crippen LogP contribution in [0.3, 0.4) is 0 Å². The zero-order chi connectivity index (χ0) is 18.9. The monoisotopic (exact) mass is 357 g/mol. The van der Waals surface area contributed by atoms with Crippen LogP contribution in [0.15, 0.2) is 24.3 Å². The van der Waals surface area contributed by atoms with Gasteiger partial charge in [-0.3, -0.25) is 4.79 Å². The van der Waals surface area contributed by atoms with Crippen molar-refractivity contribution in [3.05, 3.63) is 24.3 Å². The molecule has 1 heterocycles. The van der Waals surface area contributed by atoms with Crippen LogP contribution < -0.4 is 9.64 Å². The van der Waals surface area contributed by atoms with Crippen LogP contribution in [0.2, 0.25) is 0 Å². The van der Waals surface area contributed by atoms with Crippen LogP contribution >= 0.6 is 0 Å². The zero-order valence-corrected chi connectivity index (χ0v) is 16.3. The average molecular weight is 357 g/mol. The van der Waals surface area contributed by atoms with E-state index in [0.717, 1.165) is 31.8 Å². The van der Waals surface area contributed by atoms with Crippen molar-refractivity contribution < 1.29 is 9.53 Å². The van der Waals surface area contributed by atoms with E-state index in [-0.39, 0.29) is 5.91 Å². The zero-order valence-electron chi connectivity index (χ0n) is 16.3. The lowest BCUT2D eigenvalue weighted by atomic mass is 9.96. The summed E-state index contributed by atoms with van der Waals surface area (Å²) in [5.74, 6) is 2.03. The molecule has 0 N–H and O–H groups in total. The summed E-state index contributed by atoms with van der Waals surface area (Å²) in [5, 5.41) is 8.75. The second kappa shape index (κ2) is 10.1. The predicted octanol–water partition coefficient (Wildman–Crippen LogP) is 3.70. The Morgan fingerprint density at radius 3 is 2.62 bits per heavy atom. The second-order valence-corrected chi connectivity index (χ2v) is 7.37. The highest BCUT2D eigenvalue weighted by molar-refractivity contribution is 5.76. The maximum atomic E-state index is 12.4. The van der Waals surface area contributed by atoms with Gasteiger partial charge in [-0.1, -0.05) is 13.8 Å². The van der Waals surface area contributed by atoms with Crippen LogP contribution in [0.5, 0.6) is 5.75 Å². The molecule has 1 aromatic rings. The quantitative estimate of drug-likeness (QED) is 0.747. The van der Waals surface area contributed by atoms with Crippen LogP contribution in [0.1, 0.15) is 40.0 Å². The van der Waals surface area contributed by atoms with E-state index >= 15 is 0 Å². The molecular formula is C21H31N3O2. The number of hydrogen-bond acceptors (Lipinski definition) is 4. The van der Waals surface area contributed by atoms with E-state index in [0.29, 0.717) is 37.8 Å². The summed E-state index contributed by atoms with van der Waals surface area (Å²) in [6, 6.07) is 10.3. The number of hydrogen-bond donors (Lipinski definition) is 0. The number of nitrogens with zero attached hydrogens (tertiary/aromatic N) is 3. The largest absolute Gasteiger partial charge is 0.494 e. The second-order valence-electron chi connectivity index (χ2n) is 7.37. The van der Waals surface area contributed by atoms with Gasteiger partial charge in [0, 0.05) is 44.7 Å². The normalized spacial score (nSPS) is 17.7. The molecule has 26 heavy (non-hydrogen) atoms. The molecule has 0 bridgehead atoms. The fraction of sp³-hybridized carbons (Fsp3) is 0.619. The summed E-state index contributed by atoms with van der Waals surface area (Å²) in [4.78, 5) is 16.8. The van der Waals surface area contributed by atoms with Crippen molar-refractivity contribution in [2.75, 3.05) is 37.7 Å². The molecule has 142 valence electrons. The van der Waals surface area contributed by atoms with Gasteiger partial charge in [-0.05, 0) is 49.4 Å². The predicted molar refractivity (Wildman–Crippen MR) is 104 cm³/mol. The fourth-order valence-electron chi connectivity index (χ4n) is 3.62. The SMILES string of the molecule is CCOc1ccc(N2CCN(C(=O)CCC#N)C[C@@H](CC(C)C)C2)cc1. The molecule has 1 aromatic carbocycles. The molecule has 0 saturated carbocycles. The third kappa shape index (κ3) is 5.94. The first-order chi connectivity index (χ1) is 12.5. The van der Waals surface area contributed by atoms with Crippen molar-refractivity contribution in [1.82, 2.24) is 4.90 Å². The minimum absolute atomic E-state index is 0.105. The lowest BCUT2D eigenvalue weighted by molar-refractivity contribution is -0.131. The number of ether oxygens (including phenoxy) is 1. The molecule has 5 nitrogen and oxygen atoms in total. The van der Waals surface area contributed by atoms with Gasteiger partial charge in [0.2, 0.25) is 5.91 Å². The van der Waals surface area contributed by atoms with Gasteiger partial charge in [0.25, 0.3) is 0 Å². The third-order valence-electron chi connectivity index (χ3n) is 4.72. The van der Waals surface area contributed by atoms with E-state index in [4.69, 9.17) is 10.00 Å². The third-order valence-corrected chi connectivity index (χ3v) is 4.72. The Kier molecular flexibility index (Phi) is 7.77. The Morgan fingerprint density at radius 1 is 1.27 bits per heavy atom. The van der Waals surface area contributed by atoms with Crippen LogP contribution in [0.25, 0.3) is 0 Å². The van der Waals surface area contributed by atoms with Crippen molar-refractivity contribution in [2.45, 2.75) is 40.0 Å². The number of carbonyl (C=O) groups is 1. The Labute approximate surface area is 157 Å². The molecule has 1 saturated heterocycles. The van der Waals surface area contributed by atoms with E-state index in [1.807, 2.05) is 24.0 Å². The number of rotatable bonds is 7. The number of nitriles is 1. The summed E-state index contributed by atoms with van der Waals surface area (Å²) in [7, 11) is 0. The molecule has 1 aliphatic rings. The van der Waals surface area contributed by atoms with Gasteiger partial charge in [-0.15, -0.1) is 0 Å². The molecule has 1 fully saturated rings. The van der Waals surface area contributed by atoms with Crippen LogP contribution in [0.4, 0.5) is 5.69 Å². The minimum atomic E-state index is 0.105. The Hall–Kier alpha value is -2.22. The summed E-state index contributed by atoms with van der Waals surface area (Å²) >= 11 is 0. The van der Waals surface area contributed by atoms with E-state index in [1.54, 1.807) is 0 Å². The van der Waals surface area contributed by atoms with Gasteiger partial charge >= 0.3 is 0 Å². The number of amides is 1. The van der Waals surface area contributed by atoms with E-state index in [1.165, 1.54) is 5.69 Å². The first-order valence-corrected chi connectivity index (χ1v) is 9.66. The van der Waals surface area contributed by atoms with Crippen LogP contribution in [-0.4, -0.2) is 43.6 Å². The average Bonchev–Trinajstić information content (AvgIpc) is 2.83. The molecule has 0 spiro atoms. The summed E-state index contributed by atoms with van der Waals surface area (Å²) in [6.45, 7) is 10.4. The molecule has 0 aromatic heterocycles. The highest BCUT2D eigenvalue weighted by Crippen LogP contribution is 2.25. The molecule has 1 amide bonds. The highest BCUT2D eigenvalue weighted by Gasteiger charge is 2.26. The van der Waals surface area contributed by atoms with Gasteiger partial charge < -0.3 is 14.5 Å². The molecule has 5 heteroatoms. The molecule has 2 rings (SSSR count). The minimum Gasteiger partial charge on any atom is -0.494 e. The molecule has 0 radical (unpaired) electrons. The standard InChI is InChI=1S/C21H31N3O2/c1-4-26-20-9-7-19(8-10-20)23-12-13-24(21(25)6-5-11-22)16-18(15-23)14-17(2)3/h7-10,17-18H,4-6,12-16H2,1-3H3/t18-/m0/s1. The maximum Gasteiger partial charge on any atom is 0.223 e. The smallest absolute Gasteiger partial charge is 0.223 e. The molecule has 1 atom stereocenters. The number of anilines is 1. The summed E-state index contributed by atoms with van der Waals surface area (Å²) < 4.78 is 5.53. The van der Waals surface area contributed by atoms with Crippen molar-refractivity contribution in [3.8, 4) is 11.8 Å². The summed E-state index contributed by atoms with van der Waals surface area (Å²) in [5.41, 5.74) is 1.17. The van der Waals surface area contributed by atoms with E-state index in [2.05, 4.69) is 36.9 Å². The lowest BCUT2D eigenvalue weighted by Crippen LogP contribution is -2.36. The van der Waals surface area contributed by atoms with Gasteiger partial charge in [0.1, 0.15) is 5.75 Å². The van der Waals surface area contributed by atoms with Gasteiger partial charge in [0.15, 0.2) is 0 Å². The first kappa shape index (κ1) is 20.1. The van der Waals surface area contributed by atoms with Gasteiger partial charge in [0.05, 0.1) is 12.7 Å². The van der Waals surface area contributed by atoms with E-state index < -0.39 is 0 Å². The highest BCUT2D eigenvalue weighted by atomic mass is 16.5. The number of carbonyl (C=O) groups excluding carboxylic acids is 1. The van der Waals surface area contributed by atoms with Crippen LogP contribution in [-0.2, 0) is 4.79 Å². The molecule has 1 aliphatic heterocycles. The Balaban J connectivity index is 2.10. The topological polar surface area (TPSA) is 56.6 Å². The number of benzene rings is 1. The van der Waals surface area contributed by atoms with Crippen molar-refractivity contribution >= 4 is 11.6 Å². The molecule has 0 unspecified atom stereocenters. The Bertz CT molecular complexity index is 607. The van der Waals surface area contributed by atoms with Crippen molar-refractivity contribution in [3.63, 3.8) is 0 Å². The Morgan fingerprint density at radius 2 is 2.00 bits per heavy atom. The van der Waals surface area contributed by atoms with E-state index in [9.17, 15) is 4.79 Å². The summed E-state index contributed by atoms with van der Waals surface area (Å²) in [6.07, 6.45) is 1.72. The lowest BCUT2D eigenvalue weighted by Gasteiger charge is -2.27. The molecule has 0 aliphatic carbocycles. The van der Waals surface area contributed by atoms with Crippen molar-refractivity contribution in [1.29, 1.82) is 5.26 Å². The first-order valence-electron chi connectivity index (χ1n) is 9.66. The van der Waals surface area contributed by atoms with Gasteiger partial charge in [-0.2, -0.15) is 5.26 Å². The maximum absolute atomic E-state index is 12.4.